The van der Waals surface area contributed by atoms with Crippen LogP contribution >= 0.6 is 0 Å². The summed E-state index contributed by atoms with van der Waals surface area (Å²) in [5, 5.41) is 9.10. The van der Waals surface area contributed by atoms with Gasteiger partial charge in [-0.1, -0.05) is 30.3 Å². The summed E-state index contributed by atoms with van der Waals surface area (Å²) in [6, 6.07) is 13.2. The first kappa shape index (κ1) is 8.97. The van der Waals surface area contributed by atoms with Gasteiger partial charge in [-0.15, -0.1) is 0 Å². The summed E-state index contributed by atoms with van der Waals surface area (Å²) < 4.78 is 0. The van der Waals surface area contributed by atoms with Gasteiger partial charge in [-0.2, -0.15) is 5.26 Å². The van der Waals surface area contributed by atoms with Crippen molar-refractivity contribution in [2.45, 2.75) is 25.7 Å². The molecular weight excluding hydrogens is 182 g/mol. The summed E-state index contributed by atoms with van der Waals surface area (Å²) in [4.78, 5) is 0. The molecule has 76 valence electrons. The number of nitrogens with zero attached hydrogens (tertiary/aromatic N) is 1. The lowest BCUT2D eigenvalue weighted by Gasteiger charge is -2.12. The van der Waals surface area contributed by atoms with Crippen LogP contribution in [0.4, 0.5) is 0 Å². The van der Waals surface area contributed by atoms with Crippen LogP contribution in [0.3, 0.4) is 0 Å². The van der Waals surface area contributed by atoms with Gasteiger partial charge in [0.05, 0.1) is 11.5 Å². The summed E-state index contributed by atoms with van der Waals surface area (Å²) in [6.45, 7) is 0. The highest BCUT2D eigenvalue weighted by Gasteiger charge is 2.60. The van der Waals surface area contributed by atoms with Crippen molar-refractivity contribution in [1.82, 2.24) is 0 Å². The van der Waals surface area contributed by atoms with Gasteiger partial charge < -0.3 is 0 Å². The smallest absolute Gasteiger partial charge is 0.0692 e. The van der Waals surface area contributed by atoms with Crippen LogP contribution in [0.1, 0.15) is 24.8 Å². The van der Waals surface area contributed by atoms with Crippen molar-refractivity contribution in [1.29, 1.82) is 5.26 Å². The monoisotopic (exact) mass is 197 g/mol. The van der Waals surface area contributed by atoms with Crippen molar-refractivity contribution in [2.75, 3.05) is 0 Å². The van der Waals surface area contributed by atoms with Crippen LogP contribution in [0, 0.1) is 28.6 Å². The highest BCUT2D eigenvalue weighted by Crippen LogP contribution is 2.65. The fourth-order valence-electron chi connectivity index (χ4n) is 3.23. The molecule has 0 N–H and O–H groups in total. The minimum atomic E-state index is 0.111. The van der Waals surface area contributed by atoms with Crippen LogP contribution in [0.5, 0.6) is 0 Å². The molecule has 2 aliphatic rings. The fraction of sp³-hybridized carbons (Fsp3) is 0.500. The molecule has 0 heterocycles. The number of hydrogen-bond donors (Lipinski definition) is 0. The van der Waals surface area contributed by atoms with Gasteiger partial charge in [-0.3, -0.25) is 0 Å². The van der Waals surface area contributed by atoms with Crippen molar-refractivity contribution >= 4 is 0 Å². The van der Waals surface area contributed by atoms with E-state index in [4.69, 9.17) is 5.26 Å². The van der Waals surface area contributed by atoms with Crippen molar-refractivity contribution in [3.8, 4) is 6.07 Å². The van der Waals surface area contributed by atoms with E-state index in [2.05, 4.69) is 36.4 Å². The zero-order valence-corrected chi connectivity index (χ0v) is 8.82. The van der Waals surface area contributed by atoms with Gasteiger partial charge in [-0.05, 0) is 43.1 Å². The van der Waals surface area contributed by atoms with Gasteiger partial charge in [0, 0.05) is 0 Å². The summed E-state index contributed by atoms with van der Waals surface area (Å²) in [7, 11) is 0. The van der Waals surface area contributed by atoms with E-state index in [9.17, 15) is 0 Å². The topological polar surface area (TPSA) is 23.8 Å². The molecule has 1 aromatic rings. The standard InChI is InChI=1S/C14H15N/c15-10-14-8-12(7-13(14)9-14)6-11-4-2-1-3-5-11/h1-5,12-13H,6-9H2. The molecule has 2 saturated carbocycles. The summed E-state index contributed by atoms with van der Waals surface area (Å²) >= 11 is 0. The molecule has 3 atom stereocenters. The number of fused-ring (bicyclic) bond motifs is 1. The van der Waals surface area contributed by atoms with Crippen LogP contribution < -0.4 is 0 Å². The summed E-state index contributed by atoms with van der Waals surface area (Å²) in [5.74, 6) is 1.49. The third-order valence-electron chi connectivity index (χ3n) is 4.09. The maximum atomic E-state index is 9.10. The zero-order chi connectivity index (χ0) is 10.3. The van der Waals surface area contributed by atoms with Crippen LogP contribution in [-0.2, 0) is 6.42 Å². The predicted molar refractivity (Wildman–Crippen MR) is 59.0 cm³/mol. The first-order valence-electron chi connectivity index (χ1n) is 5.77. The molecule has 3 rings (SSSR count). The molecule has 2 fully saturated rings. The third kappa shape index (κ3) is 1.45. The lowest BCUT2D eigenvalue weighted by molar-refractivity contribution is 0.463. The Labute approximate surface area is 90.7 Å². The van der Waals surface area contributed by atoms with Crippen molar-refractivity contribution in [3.05, 3.63) is 35.9 Å². The van der Waals surface area contributed by atoms with E-state index in [0.717, 1.165) is 18.3 Å². The van der Waals surface area contributed by atoms with Crippen molar-refractivity contribution in [2.24, 2.45) is 17.3 Å². The molecule has 0 amide bonds. The third-order valence-corrected chi connectivity index (χ3v) is 4.09. The molecule has 0 bridgehead atoms. The summed E-state index contributed by atoms with van der Waals surface area (Å²) in [6.07, 6.45) is 4.76. The molecule has 3 unspecified atom stereocenters. The van der Waals surface area contributed by atoms with Gasteiger partial charge >= 0.3 is 0 Å². The van der Waals surface area contributed by atoms with Crippen LogP contribution in [0.15, 0.2) is 30.3 Å². The molecular formula is C14H15N. The van der Waals surface area contributed by atoms with Gasteiger partial charge in [-0.25, -0.2) is 0 Å². The zero-order valence-electron chi connectivity index (χ0n) is 8.82. The Kier molecular flexibility index (Phi) is 1.85. The number of hydrogen-bond acceptors (Lipinski definition) is 1. The first-order valence-corrected chi connectivity index (χ1v) is 5.77. The number of rotatable bonds is 2. The van der Waals surface area contributed by atoms with E-state index in [-0.39, 0.29) is 5.41 Å². The Morgan fingerprint density at radius 1 is 1.27 bits per heavy atom. The molecule has 0 aromatic heterocycles. The second-order valence-corrected chi connectivity index (χ2v) is 5.16. The van der Waals surface area contributed by atoms with E-state index in [1.54, 1.807) is 0 Å². The van der Waals surface area contributed by atoms with E-state index in [0.29, 0.717) is 0 Å². The van der Waals surface area contributed by atoms with E-state index < -0.39 is 0 Å². The molecule has 0 aliphatic heterocycles. The highest BCUT2D eigenvalue weighted by atomic mass is 14.6. The number of nitriles is 1. The van der Waals surface area contributed by atoms with E-state index >= 15 is 0 Å². The fourth-order valence-corrected chi connectivity index (χ4v) is 3.23. The Morgan fingerprint density at radius 2 is 2.07 bits per heavy atom. The highest BCUT2D eigenvalue weighted by molar-refractivity contribution is 5.23. The average molecular weight is 197 g/mol. The molecule has 0 saturated heterocycles. The van der Waals surface area contributed by atoms with Gasteiger partial charge in [0.1, 0.15) is 0 Å². The Morgan fingerprint density at radius 3 is 2.73 bits per heavy atom. The Bertz CT molecular complexity index is 403. The maximum absolute atomic E-state index is 9.10. The minimum absolute atomic E-state index is 0.111. The molecule has 1 heteroatoms. The van der Waals surface area contributed by atoms with Crippen LogP contribution in [-0.4, -0.2) is 0 Å². The first-order chi connectivity index (χ1) is 7.32. The Balaban J connectivity index is 1.66. The number of benzene rings is 1. The second-order valence-electron chi connectivity index (χ2n) is 5.16. The molecule has 0 radical (unpaired) electrons. The Hall–Kier alpha value is -1.29. The van der Waals surface area contributed by atoms with Crippen LogP contribution in [0.2, 0.25) is 0 Å². The average Bonchev–Trinajstić information content (AvgIpc) is 2.84. The minimum Gasteiger partial charge on any atom is -0.198 e. The van der Waals surface area contributed by atoms with Gasteiger partial charge in [0.2, 0.25) is 0 Å². The molecule has 1 nitrogen and oxygen atoms in total. The second kappa shape index (κ2) is 3.10. The molecule has 15 heavy (non-hydrogen) atoms. The summed E-state index contributed by atoms with van der Waals surface area (Å²) in [5.41, 5.74) is 1.54. The lowest BCUT2D eigenvalue weighted by atomic mass is 9.92. The maximum Gasteiger partial charge on any atom is 0.0692 e. The largest absolute Gasteiger partial charge is 0.198 e. The molecule has 2 aliphatic carbocycles. The van der Waals surface area contributed by atoms with E-state index in [1.165, 1.54) is 24.8 Å². The lowest BCUT2D eigenvalue weighted by Crippen LogP contribution is -2.04. The predicted octanol–water partition coefficient (Wildman–Crippen LogP) is 3.17. The van der Waals surface area contributed by atoms with E-state index in [1.807, 2.05) is 0 Å². The van der Waals surface area contributed by atoms with Crippen molar-refractivity contribution < 1.29 is 0 Å². The van der Waals surface area contributed by atoms with Gasteiger partial charge in [0.15, 0.2) is 0 Å². The van der Waals surface area contributed by atoms with Crippen LogP contribution in [0.25, 0.3) is 0 Å². The molecule has 1 aromatic carbocycles. The van der Waals surface area contributed by atoms with Crippen molar-refractivity contribution in [3.63, 3.8) is 0 Å². The molecule has 0 spiro atoms. The normalized spacial score (nSPS) is 37.0. The van der Waals surface area contributed by atoms with Gasteiger partial charge in [0.25, 0.3) is 0 Å². The SMILES string of the molecule is N#CC12CC(Cc3ccccc3)CC1C2. The quantitative estimate of drug-likeness (QED) is 0.714.